The molecule has 0 spiro atoms. The average Bonchev–Trinajstić information content (AvgIpc) is 1.92. The van der Waals surface area contributed by atoms with E-state index in [1.54, 1.807) is 0 Å². The molecule has 1 aliphatic heterocycles. The summed E-state index contributed by atoms with van der Waals surface area (Å²) in [7, 11) is 2.22. The predicted molar refractivity (Wildman–Crippen MR) is 58.0 cm³/mol. The lowest BCUT2D eigenvalue weighted by molar-refractivity contribution is 0.0585. The van der Waals surface area contributed by atoms with E-state index in [2.05, 4.69) is 51.9 Å². The van der Waals surface area contributed by atoms with Gasteiger partial charge in [0.05, 0.1) is 0 Å². The second-order valence-corrected chi connectivity index (χ2v) is 5.99. The molecular formula is C11H24N2. The first kappa shape index (κ1) is 11.0. The van der Waals surface area contributed by atoms with Crippen LogP contribution in [0, 0.1) is 5.41 Å². The quantitative estimate of drug-likeness (QED) is 0.616. The van der Waals surface area contributed by atoms with Gasteiger partial charge >= 0.3 is 0 Å². The molecule has 0 aliphatic carbocycles. The van der Waals surface area contributed by atoms with Crippen molar-refractivity contribution in [3.05, 3.63) is 0 Å². The van der Waals surface area contributed by atoms with Crippen LogP contribution >= 0.6 is 0 Å². The van der Waals surface area contributed by atoms with E-state index in [9.17, 15) is 0 Å². The van der Waals surface area contributed by atoms with Crippen LogP contribution in [0.3, 0.4) is 0 Å². The maximum atomic E-state index is 3.64. The van der Waals surface area contributed by atoms with E-state index in [1.165, 1.54) is 0 Å². The number of hydrogen-bond donors (Lipinski definition) is 1. The van der Waals surface area contributed by atoms with Crippen molar-refractivity contribution in [1.29, 1.82) is 0 Å². The SMILES string of the molecule is CN1CC(C(C)(C)C)NCC1(C)C. The van der Waals surface area contributed by atoms with Crippen LogP contribution in [-0.2, 0) is 0 Å². The summed E-state index contributed by atoms with van der Waals surface area (Å²) in [5, 5.41) is 3.64. The molecule has 1 heterocycles. The van der Waals surface area contributed by atoms with Gasteiger partial charge < -0.3 is 5.32 Å². The average molecular weight is 184 g/mol. The maximum Gasteiger partial charge on any atom is 0.0275 e. The van der Waals surface area contributed by atoms with Crippen LogP contribution in [0.5, 0.6) is 0 Å². The lowest BCUT2D eigenvalue weighted by Crippen LogP contribution is -2.63. The summed E-state index contributed by atoms with van der Waals surface area (Å²) < 4.78 is 0. The van der Waals surface area contributed by atoms with Gasteiger partial charge in [0.25, 0.3) is 0 Å². The first-order chi connectivity index (χ1) is 5.73. The third-order valence-corrected chi connectivity index (χ3v) is 3.32. The van der Waals surface area contributed by atoms with Gasteiger partial charge in [0.2, 0.25) is 0 Å². The fraction of sp³-hybridized carbons (Fsp3) is 1.00. The van der Waals surface area contributed by atoms with Gasteiger partial charge in [0.1, 0.15) is 0 Å². The molecule has 78 valence electrons. The Balaban J connectivity index is 2.61. The zero-order valence-corrected chi connectivity index (χ0v) is 9.94. The van der Waals surface area contributed by atoms with Gasteiger partial charge in [-0.15, -0.1) is 0 Å². The van der Waals surface area contributed by atoms with E-state index in [0.29, 0.717) is 17.0 Å². The maximum absolute atomic E-state index is 3.64. The fourth-order valence-electron chi connectivity index (χ4n) is 1.67. The summed E-state index contributed by atoms with van der Waals surface area (Å²) in [5.74, 6) is 0. The zero-order chi connectivity index (χ0) is 10.3. The van der Waals surface area contributed by atoms with Crippen molar-refractivity contribution in [2.45, 2.75) is 46.2 Å². The topological polar surface area (TPSA) is 15.3 Å². The van der Waals surface area contributed by atoms with Crippen molar-refractivity contribution in [2.75, 3.05) is 20.1 Å². The lowest BCUT2D eigenvalue weighted by Gasteiger charge is -2.47. The summed E-state index contributed by atoms with van der Waals surface area (Å²) in [6.45, 7) is 13.7. The van der Waals surface area contributed by atoms with E-state index in [4.69, 9.17) is 0 Å². The van der Waals surface area contributed by atoms with Gasteiger partial charge in [-0.05, 0) is 26.3 Å². The first-order valence-corrected chi connectivity index (χ1v) is 5.18. The Morgan fingerprint density at radius 3 is 2.23 bits per heavy atom. The number of hydrogen-bond acceptors (Lipinski definition) is 2. The third-order valence-electron chi connectivity index (χ3n) is 3.32. The molecule has 1 atom stereocenters. The Hall–Kier alpha value is -0.0800. The molecule has 2 heteroatoms. The highest BCUT2D eigenvalue weighted by Gasteiger charge is 2.35. The molecule has 2 nitrogen and oxygen atoms in total. The predicted octanol–water partition coefficient (Wildman–Crippen LogP) is 1.71. The van der Waals surface area contributed by atoms with Crippen LogP contribution in [-0.4, -0.2) is 36.6 Å². The van der Waals surface area contributed by atoms with Crippen molar-refractivity contribution in [3.8, 4) is 0 Å². The molecule has 1 unspecified atom stereocenters. The van der Waals surface area contributed by atoms with E-state index in [1.807, 2.05) is 0 Å². The highest BCUT2D eigenvalue weighted by atomic mass is 15.2. The number of rotatable bonds is 0. The van der Waals surface area contributed by atoms with Gasteiger partial charge in [-0.1, -0.05) is 20.8 Å². The summed E-state index contributed by atoms with van der Waals surface area (Å²) in [5.41, 5.74) is 0.673. The Labute approximate surface area is 82.7 Å². The molecule has 1 aliphatic rings. The zero-order valence-electron chi connectivity index (χ0n) is 9.94. The van der Waals surface area contributed by atoms with Crippen LogP contribution in [0.1, 0.15) is 34.6 Å². The molecule has 0 saturated carbocycles. The van der Waals surface area contributed by atoms with Crippen LogP contribution in [0.4, 0.5) is 0 Å². The molecule has 0 bridgehead atoms. The molecule has 13 heavy (non-hydrogen) atoms. The minimum Gasteiger partial charge on any atom is -0.310 e. The van der Waals surface area contributed by atoms with Crippen LogP contribution in [0.15, 0.2) is 0 Å². The normalized spacial score (nSPS) is 30.5. The van der Waals surface area contributed by atoms with Gasteiger partial charge in [0, 0.05) is 24.7 Å². The largest absolute Gasteiger partial charge is 0.310 e. The highest BCUT2D eigenvalue weighted by Crippen LogP contribution is 2.26. The summed E-state index contributed by atoms with van der Waals surface area (Å²) in [4.78, 5) is 2.46. The van der Waals surface area contributed by atoms with Crippen LogP contribution in [0.25, 0.3) is 0 Å². The second kappa shape index (κ2) is 3.25. The summed E-state index contributed by atoms with van der Waals surface area (Å²) >= 11 is 0. The molecule has 1 saturated heterocycles. The number of piperazine rings is 1. The standard InChI is InChI=1S/C11H24N2/c1-10(2,3)9-7-13(6)11(4,5)8-12-9/h9,12H,7-8H2,1-6H3. The molecule has 1 N–H and O–H groups in total. The van der Waals surface area contributed by atoms with Crippen molar-refractivity contribution in [2.24, 2.45) is 5.41 Å². The molecule has 0 amide bonds. The second-order valence-electron chi connectivity index (χ2n) is 5.99. The monoisotopic (exact) mass is 184 g/mol. The van der Waals surface area contributed by atoms with Gasteiger partial charge in [0.15, 0.2) is 0 Å². The smallest absolute Gasteiger partial charge is 0.0275 e. The lowest BCUT2D eigenvalue weighted by atomic mass is 9.83. The van der Waals surface area contributed by atoms with E-state index >= 15 is 0 Å². The third kappa shape index (κ3) is 2.44. The molecular weight excluding hydrogens is 160 g/mol. The van der Waals surface area contributed by atoms with Crippen LogP contribution in [0.2, 0.25) is 0 Å². The van der Waals surface area contributed by atoms with Gasteiger partial charge in [-0.3, -0.25) is 4.90 Å². The summed E-state index contributed by atoms with van der Waals surface area (Å²) in [6, 6.07) is 0.616. The molecule has 1 fully saturated rings. The number of nitrogens with one attached hydrogen (secondary N) is 1. The van der Waals surface area contributed by atoms with Gasteiger partial charge in [-0.2, -0.15) is 0 Å². The number of likely N-dealkylation sites (N-methyl/N-ethyl adjacent to an activating group) is 1. The molecule has 0 aromatic carbocycles. The fourth-order valence-corrected chi connectivity index (χ4v) is 1.67. The van der Waals surface area contributed by atoms with Crippen LogP contribution < -0.4 is 5.32 Å². The van der Waals surface area contributed by atoms with Crippen molar-refractivity contribution in [3.63, 3.8) is 0 Å². The van der Waals surface area contributed by atoms with E-state index in [0.717, 1.165) is 13.1 Å². The highest BCUT2D eigenvalue weighted by molar-refractivity contribution is 4.95. The summed E-state index contributed by atoms with van der Waals surface area (Å²) in [6.07, 6.45) is 0. The minimum absolute atomic E-state index is 0.307. The Morgan fingerprint density at radius 1 is 1.31 bits per heavy atom. The molecule has 0 aromatic rings. The van der Waals surface area contributed by atoms with E-state index < -0.39 is 0 Å². The molecule has 0 aromatic heterocycles. The van der Waals surface area contributed by atoms with Gasteiger partial charge in [-0.25, -0.2) is 0 Å². The Bertz CT molecular complexity index is 179. The molecule has 1 rings (SSSR count). The first-order valence-electron chi connectivity index (χ1n) is 5.18. The molecule has 0 radical (unpaired) electrons. The Kier molecular flexibility index (Phi) is 2.75. The van der Waals surface area contributed by atoms with Crippen molar-refractivity contribution < 1.29 is 0 Å². The Morgan fingerprint density at radius 2 is 1.85 bits per heavy atom. The van der Waals surface area contributed by atoms with E-state index in [-0.39, 0.29) is 0 Å². The van der Waals surface area contributed by atoms with Crippen molar-refractivity contribution >= 4 is 0 Å². The number of nitrogens with zero attached hydrogens (tertiary/aromatic N) is 1. The van der Waals surface area contributed by atoms with Crippen molar-refractivity contribution in [1.82, 2.24) is 10.2 Å². The minimum atomic E-state index is 0.307.